The van der Waals surface area contributed by atoms with Gasteiger partial charge in [-0.25, -0.2) is 0 Å². The van der Waals surface area contributed by atoms with Crippen molar-refractivity contribution in [3.63, 3.8) is 0 Å². The second kappa shape index (κ2) is 10.6. The number of nitriles is 1. The first-order valence-corrected chi connectivity index (χ1v) is 11.8. The summed E-state index contributed by atoms with van der Waals surface area (Å²) in [6.07, 6.45) is -0.104. The number of ether oxygens (including phenoxy) is 2. The lowest BCUT2D eigenvalue weighted by molar-refractivity contribution is 0.0920. The molecule has 0 saturated heterocycles. The molecule has 4 rings (SSSR count). The zero-order chi connectivity index (χ0) is 25.8. The largest absolute Gasteiger partial charge is 0.488 e. The molecule has 0 N–H and O–H groups in total. The molecule has 184 valence electrons. The molecule has 1 atom stereocenters. The average molecular weight is 484 g/mol. The molecule has 0 aliphatic rings. The second-order valence-corrected chi connectivity index (χ2v) is 8.63. The Labute approximate surface area is 210 Å². The van der Waals surface area contributed by atoms with Crippen LogP contribution in [0.4, 0.5) is 0 Å². The van der Waals surface area contributed by atoms with Crippen molar-refractivity contribution in [2.45, 2.75) is 33.4 Å². The summed E-state index contributed by atoms with van der Waals surface area (Å²) in [6, 6.07) is 19.0. The summed E-state index contributed by atoms with van der Waals surface area (Å²) in [6.45, 7) is 7.16. The van der Waals surface area contributed by atoms with Crippen molar-refractivity contribution in [2.24, 2.45) is 5.16 Å². The zero-order valence-electron chi connectivity index (χ0n) is 21.2. The third-order valence-electron chi connectivity index (χ3n) is 6.16. The van der Waals surface area contributed by atoms with Crippen molar-refractivity contribution in [3.8, 4) is 11.8 Å². The number of carbonyl (C=O) groups excluding carboxylic acids is 1. The number of carbonyl (C=O) groups is 1. The van der Waals surface area contributed by atoms with E-state index >= 15 is 0 Å². The maximum Gasteiger partial charge on any atom is 0.215 e. The topological polar surface area (TPSA) is 85.8 Å². The Morgan fingerprint density at radius 1 is 1.06 bits per heavy atom. The molecule has 0 bridgehead atoms. The standard InChI is InChI=1S/C29H29N3O4/c1-6-32-26-11-7-20(16-30)14-24(26)25-15-21(8-12-27(25)32)29(33)28(31-35-5)23-10-9-22(13-18(23)2)36-19(3)17-34-4/h7-15,19H,6,17H2,1-5H3/b31-28+. The van der Waals surface area contributed by atoms with Crippen LogP contribution in [-0.2, 0) is 16.1 Å². The van der Waals surface area contributed by atoms with Crippen LogP contribution in [0.3, 0.4) is 0 Å². The normalized spacial score (nSPS) is 12.5. The van der Waals surface area contributed by atoms with Gasteiger partial charge in [-0.1, -0.05) is 5.16 Å². The van der Waals surface area contributed by atoms with E-state index in [1.54, 1.807) is 7.11 Å². The number of oxime groups is 1. The minimum Gasteiger partial charge on any atom is -0.488 e. The number of hydrogen-bond donors (Lipinski definition) is 0. The van der Waals surface area contributed by atoms with Crippen LogP contribution in [0.25, 0.3) is 21.8 Å². The molecule has 1 unspecified atom stereocenters. The van der Waals surface area contributed by atoms with Crippen molar-refractivity contribution >= 4 is 33.3 Å². The Kier molecular flexibility index (Phi) is 7.37. The third kappa shape index (κ3) is 4.68. The van der Waals surface area contributed by atoms with E-state index in [4.69, 9.17) is 14.3 Å². The number of aryl methyl sites for hydroxylation is 2. The van der Waals surface area contributed by atoms with Gasteiger partial charge in [0.05, 0.1) is 18.2 Å². The summed E-state index contributed by atoms with van der Waals surface area (Å²) in [7, 11) is 3.06. The molecule has 0 fully saturated rings. The molecule has 4 aromatic rings. The number of methoxy groups -OCH3 is 1. The van der Waals surface area contributed by atoms with E-state index in [9.17, 15) is 10.1 Å². The van der Waals surface area contributed by atoms with Gasteiger partial charge >= 0.3 is 0 Å². The molecule has 0 spiro atoms. The van der Waals surface area contributed by atoms with E-state index in [1.165, 1.54) is 7.11 Å². The quantitative estimate of drug-likeness (QED) is 0.175. The van der Waals surface area contributed by atoms with Gasteiger partial charge in [-0.15, -0.1) is 0 Å². The Hall–Kier alpha value is -4.15. The smallest absolute Gasteiger partial charge is 0.215 e. The highest BCUT2D eigenvalue weighted by Crippen LogP contribution is 2.31. The van der Waals surface area contributed by atoms with Gasteiger partial charge in [-0.05, 0) is 80.9 Å². The van der Waals surface area contributed by atoms with Gasteiger partial charge in [-0.3, -0.25) is 4.79 Å². The number of nitrogens with zero attached hydrogens (tertiary/aromatic N) is 3. The zero-order valence-corrected chi connectivity index (χ0v) is 21.2. The summed E-state index contributed by atoms with van der Waals surface area (Å²) in [5, 5.41) is 15.4. The number of ketones is 1. The molecule has 0 aliphatic heterocycles. The van der Waals surface area contributed by atoms with Crippen molar-refractivity contribution in [1.29, 1.82) is 5.26 Å². The SMILES string of the molecule is CCn1c2ccc(C#N)cc2c2cc(C(=O)/C(=N/OC)c3ccc(OC(C)COC)cc3C)ccc21. The first-order valence-electron chi connectivity index (χ1n) is 11.8. The first kappa shape index (κ1) is 25.0. The summed E-state index contributed by atoms with van der Waals surface area (Å²) >= 11 is 0. The van der Waals surface area contributed by atoms with Gasteiger partial charge in [0.25, 0.3) is 0 Å². The minimum atomic E-state index is -0.253. The molecular weight excluding hydrogens is 454 g/mol. The molecule has 0 aliphatic carbocycles. The Bertz CT molecular complexity index is 1510. The number of benzene rings is 3. The molecular formula is C29H29N3O4. The highest BCUT2D eigenvalue weighted by atomic mass is 16.6. The highest BCUT2D eigenvalue weighted by molar-refractivity contribution is 6.51. The molecule has 7 nitrogen and oxygen atoms in total. The maximum absolute atomic E-state index is 13.7. The summed E-state index contributed by atoms with van der Waals surface area (Å²) in [5.41, 5.74) is 4.81. The van der Waals surface area contributed by atoms with Crippen LogP contribution in [0, 0.1) is 18.3 Å². The molecule has 1 heterocycles. The molecule has 1 aromatic heterocycles. The van der Waals surface area contributed by atoms with Crippen molar-refractivity contribution < 1.29 is 19.1 Å². The molecule has 7 heteroatoms. The average Bonchev–Trinajstić information content (AvgIpc) is 3.19. The van der Waals surface area contributed by atoms with E-state index in [1.807, 2.05) is 68.4 Å². The Balaban J connectivity index is 1.76. The van der Waals surface area contributed by atoms with Gasteiger partial charge in [-0.2, -0.15) is 5.26 Å². The number of fused-ring (bicyclic) bond motifs is 3. The first-order chi connectivity index (χ1) is 17.4. The summed E-state index contributed by atoms with van der Waals surface area (Å²) < 4.78 is 13.2. The fourth-order valence-corrected chi connectivity index (χ4v) is 4.57. The van der Waals surface area contributed by atoms with Crippen LogP contribution in [0.2, 0.25) is 0 Å². The minimum absolute atomic E-state index is 0.104. The predicted octanol–water partition coefficient (Wildman–Crippen LogP) is 5.64. The molecule has 0 amide bonds. The van der Waals surface area contributed by atoms with Crippen LogP contribution < -0.4 is 4.74 Å². The summed E-state index contributed by atoms with van der Waals surface area (Å²) in [4.78, 5) is 18.8. The fraction of sp³-hybridized carbons (Fsp3) is 0.276. The second-order valence-electron chi connectivity index (χ2n) is 8.63. The Morgan fingerprint density at radius 3 is 2.42 bits per heavy atom. The molecule has 0 radical (unpaired) electrons. The lowest BCUT2D eigenvalue weighted by Gasteiger charge is -2.15. The summed E-state index contributed by atoms with van der Waals surface area (Å²) in [5.74, 6) is 0.434. The molecule has 3 aromatic carbocycles. The predicted molar refractivity (Wildman–Crippen MR) is 141 cm³/mol. The number of Topliss-reactive ketones (excluding diaryl/α,β-unsaturated/α-hetero) is 1. The van der Waals surface area contributed by atoms with E-state index in [0.717, 1.165) is 33.9 Å². The monoisotopic (exact) mass is 483 g/mol. The lowest BCUT2D eigenvalue weighted by Crippen LogP contribution is -2.19. The van der Waals surface area contributed by atoms with Gasteiger partial charge in [0, 0.05) is 46.6 Å². The molecule has 36 heavy (non-hydrogen) atoms. The van der Waals surface area contributed by atoms with Crippen LogP contribution in [0.5, 0.6) is 5.75 Å². The van der Waals surface area contributed by atoms with Crippen molar-refractivity contribution in [2.75, 3.05) is 20.8 Å². The molecule has 0 saturated carbocycles. The number of hydrogen-bond acceptors (Lipinski definition) is 6. The van der Waals surface area contributed by atoms with E-state index in [2.05, 4.69) is 22.7 Å². The fourth-order valence-electron chi connectivity index (χ4n) is 4.57. The van der Waals surface area contributed by atoms with Gasteiger partial charge < -0.3 is 18.9 Å². The van der Waals surface area contributed by atoms with Crippen LogP contribution in [-0.4, -0.2) is 43.0 Å². The van der Waals surface area contributed by atoms with Gasteiger partial charge in [0.15, 0.2) is 5.71 Å². The van der Waals surface area contributed by atoms with Crippen molar-refractivity contribution in [3.05, 3.63) is 76.9 Å². The lowest BCUT2D eigenvalue weighted by atomic mass is 9.96. The third-order valence-corrected chi connectivity index (χ3v) is 6.16. The highest BCUT2D eigenvalue weighted by Gasteiger charge is 2.21. The van der Waals surface area contributed by atoms with Crippen LogP contribution >= 0.6 is 0 Å². The van der Waals surface area contributed by atoms with E-state index in [-0.39, 0.29) is 17.6 Å². The van der Waals surface area contributed by atoms with Gasteiger partial charge in [0.2, 0.25) is 5.78 Å². The van der Waals surface area contributed by atoms with Crippen molar-refractivity contribution in [1.82, 2.24) is 4.57 Å². The van der Waals surface area contributed by atoms with E-state index in [0.29, 0.717) is 29.0 Å². The maximum atomic E-state index is 13.7. The number of rotatable bonds is 9. The van der Waals surface area contributed by atoms with Crippen LogP contribution in [0.1, 0.15) is 40.9 Å². The van der Waals surface area contributed by atoms with Crippen LogP contribution in [0.15, 0.2) is 59.8 Å². The Morgan fingerprint density at radius 2 is 1.78 bits per heavy atom. The van der Waals surface area contributed by atoms with E-state index < -0.39 is 0 Å². The number of aromatic nitrogens is 1. The van der Waals surface area contributed by atoms with Gasteiger partial charge in [0.1, 0.15) is 19.0 Å².